The molecular formula is C59H38N4. The normalized spacial score (nSPS) is 11.5. The molecule has 0 N–H and O–H groups in total. The van der Waals surface area contributed by atoms with Crippen molar-refractivity contribution < 1.29 is 0 Å². The van der Waals surface area contributed by atoms with Crippen LogP contribution in [0.1, 0.15) is 0 Å². The Morgan fingerprint density at radius 3 is 1.52 bits per heavy atom. The second-order valence-electron chi connectivity index (χ2n) is 16.0. The highest BCUT2D eigenvalue weighted by molar-refractivity contribution is 6.17. The number of aromatic nitrogens is 4. The van der Waals surface area contributed by atoms with E-state index in [1.807, 2.05) is 18.2 Å². The molecule has 294 valence electrons. The van der Waals surface area contributed by atoms with Crippen LogP contribution in [0.15, 0.2) is 231 Å². The molecule has 0 aliphatic heterocycles. The van der Waals surface area contributed by atoms with Crippen molar-refractivity contribution >= 4 is 43.5 Å². The fourth-order valence-electron chi connectivity index (χ4n) is 9.21. The smallest absolute Gasteiger partial charge is 0.160 e. The monoisotopic (exact) mass is 802 g/mol. The second-order valence-corrected chi connectivity index (χ2v) is 16.0. The van der Waals surface area contributed by atoms with Crippen molar-refractivity contribution in [2.45, 2.75) is 0 Å². The van der Waals surface area contributed by atoms with Crippen molar-refractivity contribution in [1.82, 2.24) is 19.5 Å². The van der Waals surface area contributed by atoms with Crippen molar-refractivity contribution in [2.24, 2.45) is 0 Å². The first-order valence-corrected chi connectivity index (χ1v) is 21.4. The minimum atomic E-state index is 0.686. The maximum Gasteiger partial charge on any atom is 0.160 e. The largest absolute Gasteiger partial charge is 0.309 e. The molecule has 0 radical (unpaired) electrons. The number of rotatable bonds is 7. The van der Waals surface area contributed by atoms with Crippen molar-refractivity contribution in [3.05, 3.63) is 231 Å². The van der Waals surface area contributed by atoms with Crippen molar-refractivity contribution in [1.29, 1.82) is 0 Å². The molecule has 63 heavy (non-hydrogen) atoms. The average molecular weight is 803 g/mol. The van der Waals surface area contributed by atoms with Gasteiger partial charge in [0.15, 0.2) is 5.82 Å². The summed E-state index contributed by atoms with van der Waals surface area (Å²) in [7, 11) is 0. The molecule has 0 bridgehead atoms. The third kappa shape index (κ3) is 6.44. The highest BCUT2D eigenvalue weighted by atomic mass is 15.0. The summed E-state index contributed by atoms with van der Waals surface area (Å²) >= 11 is 0. The van der Waals surface area contributed by atoms with E-state index in [1.54, 1.807) is 0 Å². The van der Waals surface area contributed by atoms with Gasteiger partial charge in [-0.1, -0.05) is 182 Å². The lowest BCUT2D eigenvalue weighted by Gasteiger charge is -2.15. The van der Waals surface area contributed by atoms with E-state index < -0.39 is 0 Å². The minimum absolute atomic E-state index is 0.686. The lowest BCUT2D eigenvalue weighted by atomic mass is 9.91. The first-order chi connectivity index (χ1) is 31.2. The number of hydrogen-bond donors (Lipinski definition) is 0. The molecule has 4 heteroatoms. The van der Waals surface area contributed by atoms with E-state index in [0.29, 0.717) is 5.82 Å². The van der Waals surface area contributed by atoms with E-state index in [-0.39, 0.29) is 0 Å². The quantitative estimate of drug-likeness (QED) is 0.151. The Morgan fingerprint density at radius 1 is 0.302 bits per heavy atom. The molecule has 0 saturated carbocycles. The summed E-state index contributed by atoms with van der Waals surface area (Å²) in [5, 5.41) is 5.94. The summed E-state index contributed by atoms with van der Waals surface area (Å²) in [5.74, 6) is 0.686. The third-order valence-corrected chi connectivity index (χ3v) is 12.2. The molecule has 0 unspecified atom stereocenters. The van der Waals surface area contributed by atoms with Gasteiger partial charge < -0.3 is 4.57 Å². The van der Waals surface area contributed by atoms with Crippen molar-refractivity contribution in [3.63, 3.8) is 0 Å². The molecule has 0 spiro atoms. The van der Waals surface area contributed by atoms with Gasteiger partial charge in [0.05, 0.1) is 33.6 Å². The zero-order valence-corrected chi connectivity index (χ0v) is 34.2. The van der Waals surface area contributed by atoms with Crippen LogP contribution >= 0.6 is 0 Å². The molecule has 0 amide bonds. The van der Waals surface area contributed by atoms with Gasteiger partial charge >= 0.3 is 0 Å². The summed E-state index contributed by atoms with van der Waals surface area (Å²) in [6.07, 6.45) is 0. The van der Waals surface area contributed by atoms with Crippen molar-refractivity contribution in [3.8, 4) is 73.1 Å². The average Bonchev–Trinajstić information content (AvgIpc) is 3.71. The second kappa shape index (κ2) is 15.2. The molecular weight excluding hydrogens is 765 g/mol. The third-order valence-electron chi connectivity index (χ3n) is 12.2. The maximum absolute atomic E-state index is 5.31. The van der Waals surface area contributed by atoms with E-state index in [2.05, 4.69) is 217 Å². The molecule has 0 atom stereocenters. The van der Waals surface area contributed by atoms with Gasteiger partial charge in [-0.3, -0.25) is 0 Å². The Bertz CT molecular complexity index is 3600. The highest BCUT2D eigenvalue weighted by Crippen LogP contribution is 2.41. The van der Waals surface area contributed by atoms with Gasteiger partial charge in [0.1, 0.15) is 0 Å². The van der Waals surface area contributed by atoms with Crippen LogP contribution < -0.4 is 0 Å². The zero-order valence-electron chi connectivity index (χ0n) is 34.2. The topological polar surface area (TPSA) is 43.6 Å². The first kappa shape index (κ1) is 36.4. The van der Waals surface area contributed by atoms with Crippen molar-refractivity contribution in [2.75, 3.05) is 0 Å². The van der Waals surface area contributed by atoms with Gasteiger partial charge in [-0.15, -0.1) is 0 Å². The summed E-state index contributed by atoms with van der Waals surface area (Å²) < 4.78 is 2.34. The van der Waals surface area contributed by atoms with E-state index >= 15 is 0 Å². The Morgan fingerprint density at radius 2 is 0.825 bits per heavy atom. The van der Waals surface area contributed by atoms with Gasteiger partial charge in [0.2, 0.25) is 0 Å². The molecule has 3 heterocycles. The summed E-state index contributed by atoms with van der Waals surface area (Å²) in [4.78, 5) is 15.7. The van der Waals surface area contributed by atoms with Crippen LogP contribution in [-0.2, 0) is 0 Å². The molecule has 4 nitrogen and oxygen atoms in total. The van der Waals surface area contributed by atoms with Crippen LogP contribution in [0.4, 0.5) is 0 Å². The lowest BCUT2D eigenvalue weighted by Crippen LogP contribution is -1.97. The number of hydrogen-bond acceptors (Lipinski definition) is 3. The molecule has 9 aromatic carbocycles. The van der Waals surface area contributed by atoms with Crippen LogP contribution in [0.25, 0.3) is 117 Å². The summed E-state index contributed by atoms with van der Waals surface area (Å²) in [6.45, 7) is 0. The molecule has 0 aliphatic carbocycles. The van der Waals surface area contributed by atoms with E-state index in [9.17, 15) is 0 Å². The minimum Gasteiger partial charge on any atom is -0.309 e. The van der Waals surface area contributed by atoms with Gasteiger partial charge in [0, 0.05) is 54.9 Å². The Labute approximate surface area is 365 Å². The summed E-state index contributed by atoms with van der Waals surface area (Å²) in [6, 6.07) is 81.5. The predicted molar refractivity (Wildman–Crippen MR) is 262 cm³/mol. The lowest BCUT2D eigenvalue weighted by molar-refractivity contribution is 1.17. The van der Waals surface area contributed by atoms with E-state index in [0.717, 1.165) is 72.4 Å². The SMILES string of the molecule is c1ccc(-c2nc(-c3ccc(-n4c5ccccc5c5ccccc54)cc3)cc(-c3cccc(-c4ccc5nc(-c6ccccc6)c6cccc(-c7ccccc7)c6c5c4)c3)n2)cc1. The Hall–Kier alpha value is -8.47. The van der Waals surface area contributed by atoms with Crippen LogP contribution in [-0.4, -0.2) is 19.5 Å². The van der Waals surface area contributed by atoms with Gasteiger partial charge in [0.25, 0.3) is 0 Å². The van der Waals surface area contributed by atoms with E-state index in [1.165, 1.54) is 38.3 Å². The van der Waals surface area contributed by atoms with Crippen LogP contribution in [0.2, 0.25) is 0 Å². The Balaban J connectivity index is 0.979. The number of nitrogens with zero attached hydrogens (tertiary/aromatic N) is 4. The molecule has 12 rings (SSSR count). The number of para-hydroxylation sites is 2. The van der Waals surface area contributed by atoms with Crippen LogP contribution in [0, 0.1) is 0 Å². The number of benzene rings is 9. The number of fused-ring (bicyclic) bond motifs is 6. The molecule has 0 fully saturated rings. The van der Waals surface area contributed by atoms with E-state index in [4.69, 9.17) is 15.0 Å². The van der Waals surface area contributed by atoms with Gasteiger partial charge in [-0.2, -0.15) is 0 Å². The number of pyridine rings is 1. The van der Waals surface area contributed by atoms with Gasteiger partial charge in [-0.05, 0) is 70.8 Å². The molecule has 3 aromatic heterocycles. The zero-order chi connectivity index (χ0) is 41.7. The summed E-state index contributed by atoms with van der Waals surface area (Å²) in [5.41, 5.74) is 15.8. The first-order valence-electron chi connectivity index (χ1n) is 21.4. The Kier molecular flexibility index (Phi) is 8.79. The fraction of sp³-hybridized carbons (Fsp3) is 0. The molecule has 0 aliphatic rings. The predicted octanol–water partition coefficient (Wildman–Crippen LogP) is 15.3. The molecule has 0 saturated heterocycles. The standard InChI is InChI=1S/C59H38N4/c1-4-16-39(17-5-1)47-26-15-27-50-57(47)51-37-44(32-35-52(51)60-58(50)41-18-6-2-7-19-41)43-22-14-23-45(36-43)54-38-53(61-59(62-54)42-20-8-3-9-21-42)40-30-33-46(34-31-40)63-55-28-12-10-24-48(55)49-25-11-13-29-56(49)63/h1-38H. The van der Waals surface area contributed by atoms with Crippen LogP contribution in [0.5, 0.6) is 0 Å². The van der Waals surface area contributed by atoms with Crippen LogP contribution in [0.3, 0.4) is 0 Å². The maximum atomic E-state index is 5.31. The van der Waals surface area contributed by atoms with Gasteiger partial charge in [-0.25, -0.2) is 15.0 Å². The highest BCUT2D eigenvalue weighted by Gasteiger charge is 2.17. The molecule has 12 aromatic rings. The fourth-order valence-corrected chi connectivity index (χ4v) is 9.21.